The van der Waals surface area contributed by atoms with Gasteiger partial charge in [0.05, 0.1) is 0 Å². The molecule has 0 aromatic heterocycles. The van der Waals surface area contributed by atoms with E-state index in [0.717, 1.165) is 0 Å². The maximum absolute atomic E-state index is 0. The summed E-state index contributed by atoms with van der Waals surface area (Å²) in [6.07, 6.45) is 0. The van der Waals surface area contributed by atoms with Gasteiger partial charge in [0, 0.05) is 61.6 Å². The molecule has 0 aromatic carbocycles. The van der Waals surface area contributed by atoms with Crippen LogP contribution >= 0.6 is 0 Å². The van der Waals surface area contributed by atoms with E-state index in [4.69, 9.17) is 0 Å². The average Bonchev–Trinajstić information content (AvgIpc) is 0. The van der Waals surface area contributed by atoms with Gasteiger partial charge in [-0.15, -0.1) is 0 Å². The van der Waals surface area contributed by atoms with Crippen molar-refractivity contribution in [2.45, 2.75) is 0 Å². The molecule has 0 amide bonds. The van der Waals surface area contributed by atoms with Crippen LogP contribution in [-0.4, -0.2) is 17.1 Å². The second-order valence-electron chi connectivity index (χ2n) is 0. The van der Waals surface area contributed by atoms with Gasteiger partial charge in [-0.1, -0.05) is 0 Å². The van der Waals surface area contributed by atoms with Crippen LogP contribution in [0.3, 0.4) is 0 Å². The summed E-state index contributed by atoms with van der Waals surface area (Å²) in [5, 5.41) is 0. The summed E-state index contributed by atoms with van der Waals surface area (Å²) in [5.41, 5.74) is 0. The molecule has 0 spiro atoms. The average molecular weight is 654 g/mol. The Labute approximate surface area is 77.6 Å². The van der Waals surface area contributed by atoms with Crippen molar-refractivity contribution < 1.29 is 61.6 Å². The maximum atomic E-state index is 0. The SMILES string of the molecule is [Ir].[Pt].[Re].[SeH2]. The zero-order valence-electron chi connectivity index (χ0n) is 1.53. The summed E-state index contributed by atoms with van der Waals surface area (Å²) in [6, 6.07) is 0. The van der Waals surface area contributed by atoms with Gasteiger partial charge in [0.25, 0.3) is 0 Å². The second kappa shape index (κ2) is 17.8. The number of hydrogen-bond donors (Lipinski definition) is 0. The van der Waals surface area contributed by atoms with E-state index >= 15 is 0 Å². The molecule has 0 bridgehead atoms. The van der Waals surface area contributed by atoms with Crippen LogP contribution in [0.5, 0.6) is 0 Å². The van der Waals surface area contributed by atoms with Gasteiger partial charge in [0.15, 0.2) is 0 Å². The Morgan fingerprint density at radius 1 is 1.00 bits per heavy atom. The molecule has 0 aliphatic rings. The van der Waals surface area contributed by atoms with Crippen LogP contribution in [0, 0.1) is 0 Å². The van der Waals surface area contributed by atoms with Crippen LogP contribution in [-0.2, 0) is 61.6 Å². The zero-order valence-corrected chi connectivity index (χ0v) is 11.0. The van der Waals surface area contributed by atoms with Crippen LogP contribution in [0.25, 0.3) is 0 Å². The molecule has 0 atom stereocenters. The third-order valence-corrected chi connectivity index (χ3v) is 0. The second-order valence-corrected chi connectivity index (χ2v) is 0. The van der Waals surface area contributed by atoms with Gasteiger partial charge in [-0.2, -0.15) is 0 Å². The van der Waals surface area contributed by atoms with Gasteiger partial charge >= 0.3 is 17.1 Å². The normalized spacial score (nSPS) is 0. The predicted octanol–water partition coefficient (Wildman–Crippen LogP) is -0.924. The Kier molecular flexibility index (Phi) is 139. The predicted molar refractivity (Wildman–Crippen MR) is 8.54 cm³/mol. The summed E-state index contributed by atoms with van der Waals surface area (Å²) in [7, 11) is 0. The molecular formula is H2IrPtReSe. The first-order chi connectivity index (χ1) is 0. The Morgan fingerprint density at radius 3 is 1.00 bits per heavy atom. The molecule has 0 saturated heterocycles. The summed E-state index contributed by atoms with van der Waals surface area (Å²) >= 11 is 0. The fraction of sp³-hybridized carbons (Fsp3) is 0. The van der Waals surface area contributed by atoms with E-state index in [9.17, 15) is 0 Å². The molecule has 0 N–H and O–H groups in total. The van der Waals surface area contributed by atoms with Crippen LogP contribution in [0.2, 0.25) is 0 Å². The molecule has 34 valence electrons. The molecule has 0 fully saturated rings. The molecule has 0 aromatic rings. The van der Waals surface area contributed by atoms with Crippen molar-refractivity contribution in [3.8, 4) is 0 Å². The summed E-state index contributed by atoms with van der Waals surface area (Å²) in [4.78, 5) is 0. The minimum absolute atomic E-state index is 0. The van der Waals surface area contributed by atoms with Crippen LogP contribution in [0.15, 0.2) is 0 Å². The van der Waals surface area contributed by atoms with Crippen LogP contribution in [0.1, 0.15) is 0 Å². The van der Waals surface area contributed by atoms with E-state index in [1.807, 2.05) is 0 Å². The number of rotatable bonds is 0. The molecule has 2 radical (unpaired) electrons. The van der Waals surface area contributed by atoms with Crippen molar-refractivity contribution >= 4 is 17.1 Å². The van der Waals surface area contributed by atoms with E-state index in [2.05, 4.69) is 0 Å². The molecule has 4 heteroatoms. The Balaban J connectivity index is 0. The topological polar surface area (TPSA) is 0 Å². The van der Waals surface area contributed by atoms with Gasteiger partial charge < -0.3 is 0 Å². The molecule has 4 heavy (non-hydrogen) atoms. The van der Waals surface area contributed by atoms with Gasteiger partial charge in [-0.05, 0) is 0 Å². The van der Waals surface area contributed by atoms with Gasteiger partial charge in [-0.3, -0.25) is 0 Å². The Hall–Kier alpha value is 2.52. The quantitative estimate of drug-likeness (QED) is 0.297. The number of hydrogen-bond acceptors (Lipinski definition) is 0. The molecule has 0 aliphatic heterocycles. The van der Waals surface area contributed by atoms with Crippen molar-refractivity contribution in [2.75, 3.05) is 0 Å². The molecule has 0 heterocycles. The zero-order chi connectivity index (χ0) is 0. The van der Waals surface area contributed by atoms with E-state index in [1.165, 1.54) is 0 Å². The van der Waals surface area contributed by atoms with E-state index < -0.39 is 0 Å². The summed E-state index contributed by atoms with van der Waals surface area (Å²) in [6.45, 7) is 0. The first-order valence-electron chi connectivity index (χ1n) is 0. The molecule has 0 unspecified atom stereocenters. The fourth-order valence-corrected chi connectivity index (χ4v) is 0. The third kappa shape index (κ3) is 8.82. The van der Waals surface area contributed by atoms with Gasteiger partial charge in [0.1, 0.15) is 0 Å². The monoisotopic (exact) mass is 657 g/mol. The molecule has 0 nitrogen and oxygen atoms in total. The van der Waals surface area contributed by atoms with E-state index in [0.29, 0.717) is 0 Å². The fourth-order valence-electron chi connectivity index (χ4n) is 0. The van der Waals surface area contributed by atoms with Crippen molar-refractivity contribution in [3.05, 3.63) is 0 Å². The van der Waals surface area contributed by atoms with Crippen molar-refractivity contribution in [1.82, 2.24) is 0 Å². The van der Waals surface area contributed by atoms with Crippen molar-refractivity contribution in [2.24, 2.45) is 0 Å². The standard InChI is InChI=1S/Ir.Pt.Re.H2Se/h;;;1H2. The van der Waals surface area contributed by atoms with Crippen LogP contribution < -0.4 is 0 Å². The first kappa shape index (κ1) is 31.3. The molecule has 0 rings (SSSR count). The van der Waals surface area contributed by atoms with Crippen LogP contribution in [0.4, 0.5) is 0 Å². The van der Waals surface area contributed by atoms with E-state index in [-0.39, 0.29) is 78.7 Å². The molecular weight excluding hydrogens is 652 g/mol. The van der Waals surface area contributed by atoms with Gasteiger partial charge in [0.2, 0.25) is 0 Å². The Morgan fingerprint density at radius 2 is 1.00 bits per heavy atom. The molecule has 0 saturated carbocycles. The first-order valence-corrected chi connectivity index (χ1v) is 0. The van der Waals surface area contributed by atoms with Crippen molar-refractivity contribution in [3.63, 3.8) is 0 Å². The third-order valence-electron chi connectivity index (χ3n) is 0. The minimum atomic E-state index is 0. The van der Waals surface area contributed by atoms with E-state index in [1.54, 1.807) is 0 Å². The summed E-state index contributed by atoms with van der Waals surface area (Å²) in [5.74, 6) is 0. The molecule has 0 aliphatic carbocycles. The Bertz CT molecular complexity index is 8.00. The van der Waals surface area contributed by atoms with Gasteiger partial charge in [-0.25, -0.2) is 0 Å². The van der Waals surface area contributed by atoms with Crippen molar-refractivity contribution in [1.29, 1.82) is 0 Å². The summed E-state index contributed by atoms with van der Waals surface area (Å²) < 4.78 is 0.